The van der Waals surface area contributed by atoms with Gasteiger partial charge in [0.2, 0.25) is 0 Å². The molecular formula is C10H11NO. The number of rotatable bonds is 3. The molecule has 0 heterocycles. The lowest BCUT2D eigenvalue weighted by molar-refractivity contribution is 0.134. The maximum absolute atomic E-state index is 8.52. The van der Waals surface area contributed by atoms with E-state index in [0.29, 0.717) is 12.2 Å². The van der Waals surface area contributed by atoms with E-state index in [1.54, 1.807) is 12.1 Å². The normalized spacial score (nSPS) is 9.33. The molecule has 0 spiro atoms. The molecule has 0 saturated heterocycles. The minimum absolute atomic E-state index is 0.627. The zero-order valence-corrected chi connectivity index (χ0v) is 7.08. The Morgan fingerprint density at radius 3 is 2.50 bits per heavy atom. The van der Waals surface area contributed by atoms with E-state index < -0.39 is 0 Å². The van der Waals surface area contributed by atoms with Crippen molar-refractivity contribution in [2.24, 2.45) is 0 Å². The van der Waals surface area contributed by atoms with Gasteiger partial charge in [0.25, 0.3) is 0 Å². The molecular weight excluding hydrogens is 150 g/mol. The summed E-state index contributed by atoms with van der Waals surface area (Å²) < 4.78 is 5.21. The summed E-state index contributed by atoms with van der Waals surface area (Å²) in [7, 11) is 0. The van der Waals surface area contributed by atoms with Crippen LogP contribution in [0.2, 0.25) is 0 Å². The van der Waals surface area contributed by atoms with Crippen molar-refractivity contribution in [3.05, 3.63) is 35.4 Å². The molecule has 12 heavy (non-hydrogen) atoms. The lowest BCUT2D eigenvalue weighted by Crippen LogP contribution is -1.91. The number of nitriles is 1. The van der Waals surface area contributed by atoms with E-state index in [-0.39, 0.29) is 0 Å². The molecule has 0 atom stereocenters. The first-order valence-corrected chi connectivity index (χ1v) is 3.93. The van der Waals surface area contributed by atoms with E-state index in [4.69, 9.17) is 10.00 Å². The van der Waals surface area contributed by atoms with Gasteiger partial charge in [-0.3, -0.25) is 0 Å². The number of hydrogen-bond acceptors (Lipinski definition) is 2. The first kappa shape index (κ1) is 8.76. The molecule has 0 aliphatic carbocycles. The highest BCUT2D eigenvalue weighted by Crippen LogP contribution is 2.04. The summed E-state index contributed by atoms with van der Waals surface area (Å²) in [6.07, 6.45) is 0. The summed E-state index contributed by atoms with van der Waals surface area (Å²) in [5.41, 5.74) is 1.80. The Morgan fingerprint density at radius 2 is 2.00 bits per heavy atom. The van der Waals surface area contributed by atoms with E-state index in [1.165, 1.54) is 0 Å². The third-order valence-corrected chi connectivity index (χ3v) is 1.56. The summed E-state index contributed by atoms with van der Waals surface area (Å²) in [6.45, 7) is 3.31. The van der Waals surface area contributed by atoms with Crippen LogP contribution < -0.4 is 0 Å². The third kappa shape index (κ3) is 2.37. The Bertz CT molecular complexity index is 271. The molecule has 1 aromatic rings. The van der Waals surface area contributed by atoms with Gasteiger partial charge in [-0.1, -0.05) is 12.1 Å². The third-order valence-electron chi connectivity index (χ3n) is 1.56. The molecule has 1 aromatic carbocycles. The van der Waals surface area contributed by atoms with Crippen molar-refractivity contribution >= 4 is 0 Å². The Kier molecular flexibility index (Phi) is 3.31. The molecule has 0 unspecified atom stereocenters. The second-order valence-corrected chi connectivity index (χ2v) is 2.45. The molecule has 0 bridgehead atoms. The predicted molar refractivity (Wildman–Crippen MR) is 46.5 cm³/mol. The fourth-order valence-corrected chi connectivity index (χ4v) is 0.895. The number of benzene rings is 1. The van der Waals surface area contributed by atoms with Gasteiger partial charge >= 0.3 is 0 Å². The van der Waals surface area contributed by atoms with Gasteiger partial charge < -0.3 is 4.74 Å². The van der Waals surface area contributed by atoms with Crippen molar-refractivity contribution in [1.29, 1.82) is 5.26 Å². The molecule has 0 aliphatic rings. The average Bonchev–Trinajstić information content (AvgIpc) is 2.15. The lowest BCUT2D eigenvalue weighted by atomic mass is 10.2. The molecule has 0 fully saturated rings. The first-order chi connectivity index (χ1) is 5.86. The van der Waals surface area contributed by atoms with Crippen LogP contribution in [0.1, 0.15) is 18.1 Å². The maximum Gasteiger partial charge on any atom is 0.0991 e. The summed E-state index contributed by atoms with van der Waals surface area (Å²) >= 11 is 0. The van der Waals surface area contributed by atoms with Crippen molar-refractivity contribution in [2.75, 3.05) is 6.61 Å². The minimum Gasteiger partial charge on any atom is -0.377 e. The largest absolute Gasteiger partial charge is 0.377 e. The van der Waals surface area contributed by atoms with Crippen LogP contribution in [-0.4, -0.2) is 6.61 Å². The smallest absolute Gasteiger partial charge is 0.0991 e. The van der Waals surface area contributed by atoms with Gasteiger partial charge in [-0.05, 0) is 24.6 Å². The summed E-state index contributed by atoms with van der Waals surface area (Å²) in [5, 5.41) is 8.52. The van der Waals surface area contributed by atoms with Crippen LogP contribution >= 0.6 is 0 Å². The lowest BCUT2D eigenvalue weighted by Gasteiger charge is -2.00. The maximum atomic E-state index is 8.52. The molecule has 0 radical (unpaired) electrons. The van der Waals surface area contributed by atoms with Crippen molar-refractivity contribution in [3.8, 4) is 6.07 Å². The van der Waals surface area contributed by atoms with Crippen LogP contribution in [0.4, 0.5) is 0 Å². The van der Waals surface area contributed by atoms with Crippen LogP contribution in [0, 0.1) is 11.3 Å². The van der Waals surface area contributed by atoms with Gasteiger partial charge in [-0.2, -0.15) is 5.26 Å². The van der Waals surface area contributed by atoms with Crippen LogP contribution in [-0.2, 0) is 11.3 Å². The Hall–Kier alpha value is -1.33. The standard InChI is InChI=1S/C10H11NO/c1-2-12-8-10-5-3-9(7-11)4-6-10/h3-6H,2,8H2,1H3. The van der Waals surface area contributed by atoms with E-state index in [9.17, 15) is 0 Å². The molecule has 62 valence electrons. The topological polar surface area (TPSA) is 33.0 Å². The quantitative estimate of drug-likeness (QED) is 0.680. The fourth-order valence-electron chi connectivity index (χ4n) is 0.895. The van der Waals surface area contributed by atoms with Crippen molar-refractivity contribution in [3.63, 3.8) is 0 Å². The van der Waals surface area contributed by atoms with E-state index in [2.05, 4.69) is 6.07 Å². The SMILES string of the molecule is CCOCc1ccc(C#N)cc1. The minimum atomic E-state index is 0.627. The Balaban J connectivity index is 2.60. The van der Waals surface area contributed by atoms with Crippen molar-refractivity contribution in [2.45, 2.75) is 13.5 Å². The molecule has 2 nitrogen and oxygen atoms in total. The van der Waals surface area contributed by atoms with Gasteiger partial charge in [0.05, 0.1) is 18.2 Å². The van der Waals surface area contributed by atoms with E-state index in [1.807, 2.05) is 19.1 Å². The molecule has 0 aromatic heterocycles. The zero-order valence-electron chi connectivity index (χ0n) is 7.08. The van der Waals surface area contributed by atoms with E-state index >= 15 is 0 Å². The van der Waals surface area contributed by atoms with Crippen LogP contribution in [0.25, 0.3) is 0 Å². The summed E-state index contributed by atoms with van der Waals surface area (Å²) in [4.78, 5) is 0. The first-order valence-electron chi connectivity index (χ1n) is 3.93. The molecule has 0 aliphatic heterocycles. The second-order valence-electron chi connectivity index (χ2n) is 2.45. The molecule has 2 heteroatoms. The van der Waals surface area contributed by atoms with Crippen LogP contribution in [0.5, 0.6) is 0 Å². The van der Waals surface area contributed by atoms with Crippen LogP contribution in [0.15, 0.2) is 24.3 Å². The number of ether oxygens (including phenoxy) is 1. The van der Waals surface area contributed by atoms with Gasteiger partial charge in [-0.25, -0.2) is 0 Å². The molecule has 0 saturated carbocycles. The highest BCUT2D eigenvalue weighted by molar-refractivity contribution is 5.31. The van der Waals surface area contributed by atoms with Gasteiger partial charge in [0.1, 0.15) is 0 Å². The summed E-state index contributed by atoms with van der Waals surface area (Å²) in [5.74, 6) is 0. The number of nitrogens with zero attached hydrogens (tertiary/aromatic N) is 1. The van der Waals surface area contributed by atoms with Gasteiger partial charge in [-0.15, -0.1) is 0 Å². The molecule has 1 rings (SSSR count). The Labute approximate surface area is 72.4 Å². The van der Waals surface area contributed by atoms with Crippen LogP contribution in [0.3, 0.4) is 0 Å². The molecule has 0 amide bonds. The van der Waals surface area contributed by atoms with E-state index in [0.717, 1.165) is 12.2 Å². The van der Waals surface area contributed by atoms with Gasteiger partial charge in [0.15, 0.2) is 0 Å². The highest BCUT2D eigenvalue weighted by Gasteiger charge is 1.92. The zero-order chi connectivity index (χ0) is 8.81. The molecule has 0 N–H and O–H groups in total. The van der Waals surface area contributed by atoms with Gasteiger partial charge in [0, 0.05) is 6.61 Å². The monoisotopic (exact) mass is 161 g/mol. The Morgan fingerprint density at radius 1 is 1.33 bits per heavy atom. The number of hydrogen-bond donors (Lipinski definition) is 0. The summed E-state index contributed by atoms with van der Waals surface area (Å²) in [6, 6.07) is 9.49. The highest BCUT2D eigenvalue weighted by atomic mass is 16.5. The average molecular weight is 161 g/mol. The van der Waals surface area contributed by atoms with Crippen molar-refractivity contribution < 1.29 is 4.74 Å². The predicted octanol–water partition coefficient (Wildman–Crippen LogP) is 2.09. The van der Waals surface area contributed by atoms with Crippen molar-refractivity contribution in [1.82, 2.24) is 0 Å². The second kappa shape index (κ2) is 4.53. The fraction of sp³-hybridized carbons (Fsp3) is 0.300.